The van der Waals surface area contributed by atoms with Crippen molar-refractivity contribution in [3.8, 4) is 0 Å². The summed E-state index contributed by atoms with van der Waals surface area (Å²) in [6.07, 6.45) is 1.15. The van der Waals surface area contributed by atoms with E-state index in [0.29, 0.717) is 0 Å². The zero-order chi connectivity index (χ0) is 12.0. The summed E-state index contributed by atoms with van der Waals surface area (Å²) in [4.78, 5) is 0. The van der Waals surface area contributed by atoms with E-state index in [1.807, 2.05) is 20.8 Å². The fraction of sp³-hybridized carbons (Fsp3) is 1.00. The number of rotatable bonds is 2. The lowest BCUT2D eigenvalue weighted by Gasteiger charge is -2.36. The van der Waals surface area contributed by atoms with Gasteiger partial charge in [0.05, 0.1) is 6.10 Å². The van der Waals surface area contributed by atoms with Crippen molar-refractivity contribution in [3.63, 3.8) is 0 Å². The Hall–Kier alpha value is -0.0701. The molecule has 3 heterocycles. The zero-order valence-corrected chi connectivity index (χ0v) is 10.5. The molecule has 0 amide bonds. The van der Waals surface area contributed by atoms with E-state index in [1.165, 1.54) is 0 Å². The quantitative estimate of drug-likeness (QED) is 0.672. The molecule has 0 saturated carbocycles. The molecule has 0 spiro atoms. The van der Waals surface area contributed by atoms with Crippen LogP contribution in [0.5, 0.6) is 0 Å². The third-order valence-electron chi connectivity index (χ3n) is 3.61. The molecular weight excluding hydrogens is 222 g/mol. The van der Waals surface area contributed by atoms with Gasteiger partial charge < -0.3 is 23.4 Å². The SMILES string of the molecule is CCB1O[C@H]2O[C@@H]3[C@@H](OB(CC)O[C@H]3C)[C@H]2O1. The molecule has 7 heteroatoms. The molecule has 3 aliphatic rings. The molecule has 3 saturated heterocycles. The number of ether oxygens (including phenoxy) is 1. The van der Waals surface area contributed by atoms with E-state index in [0.717, 1.165) is 12.6 Å². The van der Waals surface area contributed by atoms with E-state index >= 15 is 0 Å². The molecule has 0 aliphatic carbocycles. The second-order valence-electron chi connectivity index (χ2n) is 4.82. The second kappa shape index (κ2) is 4.55. The van der Waals surface area contributed by atoms with E-state index < -0.39 is 0 Å². The minimum absolute atomic E-state index is 0.0246. The first-order chi connectivity index (χ1) is 8.22. The van der Waals surface area contributed by atoms with Gasteiger partial charge in [-0.05, 0) is 19.6 Å². The van der Waals surface area contributed by atoms with Crippen molar-refractivity contribution in [2.45, 2.75) is 64.1 Å². The molecule has 0 unspecified atom stereocenters. The van der Waals surface area contributed by atoms with Gasteiger partial charge in [-0.2, -0.15) is 0 Å². The summed E-state index contributed by atoms with van der Waals surface area (Å²) in [5.74, 6) is 0. The lowest BCUT2D eigenvalue weighted by molar-refractivity contribution is -0.125. The van der Waals surface area contributed by atoms with Crippen molar-refractivity contribution in [1.82, 2.24) is 0 Å². The highest BCUT2D eigenvalue weighted by Gasteiger charge is 2.57. The average molecular weight is 240 g/mol. The fourth-order valence-corrected chi connectivity index (χ4v) is 2.70. The summed E-state index contributed by atoms with van der Waals surface area (Å²) in [5, 5.41) is 0. The van der Waals surface area contributed by atoms with Crippen LogP contribution >= 0.6 is 0 Å². The monoisotopic (exact) mass is 240 g/mol. The van der Waals surface area contributed by atoms with Crippen LogP contribution in [0.4, 0.5) is 0 Å². The van der Waals surface area contributed by atoms with Crippen LogP contribution in [-0.4, -0.2) is 44.9 Å². The smallest absolute Gasteiger partial charge is 0.406 e. The van der Waals surface area contributed by atoms with E-state index in [2.05, 4.69) is 0 Å². The van der Waals surface area contributed by atoms with Crippen molar-refractivity contribution in [1.29, 1.82) is 0 Å². The predicted octanol–water partition coefficient (Wildman–Crippen LogP) is 0.947. The Labute approximate surface area is 102 Å². The Balaban J connectivity index is 1.73. The van der Waals surface area contributed by atoms with Crippen LogP contribution in [0.15, 0.2) is 0 Å². The van der Waals surface area contributed by atoms with Gasteiger partial charge in [0, 0.05) is 0 Å². The van der Waals surface area contributed by atoms with Crippen molar-refractivity contribution < 1.29 is 23.4 Å². The van der Waals surface area contributed by atoms with Crippen molar-refractivity contribution in [2.24, 2.45) is 0 Å². The summed E-state index contributed by atoms with van der Waals surface area (Å²) in [7, 11) is -0.314. The summed E-state index contributed by atoms with van der Waals surface area (Å²) in [6, 6.07) is 0. The van der Waals surface area contributed by atoms with Crippen LogP contribution in [0.2, 0.25) is 12.6 Å². The largest absolute Gasteiger partial charge is 0.458 e. The Bertz CT molecular complexity index is 292. The van der Waals surface area contributed by atoms with Gasteiger partial charge in [0.25, 0.3) is 0 Å². The minimum atomic E-state index is -0.295. The van der Waals surface area contributed by atoms with Gasteiger partial charge in [-0.25, -0.2) is 0 Å². The van der Waals surface area contributed by atoms with E-state index in [9.17, 15) is 0 Å². The van der Waals surface area contributed by atoms with Crippen molar-refractivity contribution >= 4 is 14.2 Å². The normalized spacial score (nSPS) is 45.0. The molecule has 5 nitrogen and oxygen atoms in total. The van der Waals surface area contributed by atoms with Crippen molar-refractivity contribution in [2.75, 3.05) is 0 Å². The molecule has 0 aromatic carbocycles. The van der Waals surface area contributed by atoms with Gasteiger partial charge in [0.15, 0.2) is 6.29 Å². The summed E-state index contributed by atoms with van der Waals surface area (Å²) in [6.45, 7) is 6.10. The highest BCUT2D eigenvalue weighted by Crippen LogP contribution is 2.38. The molecular formula is C10H18B2O5. The third-order valence-corrected chi connectivity index (χ3v) is 3.61. The Morgan fingerprint density at radius 3 is 2.18 bits per heavy atom. The molecule has 0 radical (unpaired) electrons. The molecule has 17 heavy (non-hydrogen) atoms. The lowest BCUT2D eigenvalue weighted by Crippen LogP contribution is -2.52. The number of fused-ring (bicyclic) bond motifs is 3. The average Bonchev–Trinajstić information content (AvgIpc) is 2.86. The Kier molecular flexibility index (Phi) is 3.21. The predicted molar refractivity (Wildman–Crippen MR) is 62.5 cm³/mol. The van der Waals surface area contributed by atoms with Crippen molar-refractivity contribution in [3.05, 3.63) is 0 Å². The number of hydrogen-bond acceptors (Lipinski definition) is 5. The second-order valence-corrected chi connectivity index (χ2v) is 4.82. The van der Waals surface area contributed by atoms with Crippen LogP contribution in [0.3, 0.4) is 0 Å². The van der Waals surface area contributed by atoms with Gasteiger partial charge in [-0.3, -0.25) is 0 Å². The van der Waals surface area contributed by atoms with Gasteiger partial charge in [-0.15, -0.1) is 0 Å². The van der Waals surface area contributed by atoms with Crippen LogP contribution in [0.1, 0.15) is 20.8 Å². The third kappa shape index (κ3) is 1.94. The maximum Gasteiger partial charge on any atom is 0.458 e. The molecule has 3 aliphatic heterocycles. The van der Waals surface area contributed by atoms with Crippen LogP contribution in [0, 0.1) is 0 Å². The van der Waals surface area contributed by atoms with E-state index in [1.54, 1.807) is 0 Å². The topological polar surface area (TPSA) is 46.2 Å². The first-order valence-corrected chi connectivity index (χ1v) is 6.50. The standard InChI is InChI=1S/C10H18B2O5/c1-4-11-14-6(3)7-8(15-11)9-10(13-7)17-12(5-2)16-9/h6-10H,4-5H2,1-3H3/t6-,7-,8+,9+,10+/m0/s1. The molecule has 5 atom stereocenters. The van der Waals surface area contributed by atoms with Crippen LogP contribution < -0.4 is 0 Å². The van der Waals surface area contributed by atoms with Gasteiger partial charge in [-0.1, -0.05) is 13.8 Å². The van der Waals surface area contributed by atoms with E-state index in [4.69, 9.17) is 23.4 Å². The maximum atomic E-state index is 5.88. The lowest BCUT2D eigenvalue weighted by atomic mass is 9.81. The Morgan fingerprint density at radius 1 is 0.824 bits per heavy atom. The number of hydrogen-bond donors (Lipinski definition) is 0. The maximum absolute atomic E-state index is 5.88. The van der Waals surface area contributed by atoms with Gasteiger partial charge >= 0.3 is 14.2 Å². The molecule has 0 aromatic rings. The first-order valence-electron chi connectivity index (χ1n) is 6.50. The van der Waals surface area contributed by atoms with E-state index in [-0.39, 0.29) is 44.9 Å². The molecule has 94 valence electrons. The molecule has 0 bridgehead atoms. The van der Waals surface area contributed by atoms with Gasteiger partial charge in [0.2, 0.25) is 0 Å². The minimum Gasteiger partial charge on any atom is -0.406 e. The molecule has 0 N–H and O–H groups in total. The molecule has 3 fully saturated rings. The summed E-state index contributed by atoms with van der Waals surface area (Å²) in [5.41, 5.74) is 0. The molecule has 3 rings (SSSR count). The summed E-state index contributed by atoms with van der Waals surface area (Å²) < 4.78 is 28.9. The highest BCUT2D eigenvalue weighted by molar-refractivity contribution is 6.45. The fourth-order valence-electron chi connectivity index (χ4n) is 2.70. The summed E-state index contributed by atoms with van der Waals surface area (Å²) >= 11 is 0. The first kappa shape index (κ1) is 12.0. The Morgan fingerprint density at radius 2 is 1.47 bits per heavy atom. The zero-order valence-electron chi connectivity index (χ0n) is 10.5. The molecule has 0 aromatic heterocycles. The van der Waals surface area contributed by atoms with Crippen LogP contribution in [0.25, 0.3) is 0 Å². The van der Waals surface area contributed by atoms with Gasteiger partial charge in [0.1, 0.15) is 18.3 Å². The van der Waals surface area contributed by atoms with Crippen LogP contribution in [-0.2, 0) is 23.4 Å². The highest BCUT2D eigenvalue weighted by atomic mass is 16.8.